The molecule has 0 bridgehead atoms. The van der Waals surface area contributed by atoms with E-state index in [2.05, 4.69) is 29.2 Å². The molecule has 0 amide bonds. The molecule has 22 heavy (non-hydrogen) atoms. The molecular formula is C17H22FN3O. The summed E-state index contributed by atoms with van der Waals surface area (Å²) in [6, 6.07) is -0.150. The summed E-state index contributed by atoms with van der Waals surface area (Å²) in [5.74, 6) is 0.774. The highest BCUT2D eigenvalue weighted by Gasteiger charge is 2.38. The zero-order valence-electron chi connectivity index (χ0n) is 13.5. The van der Waals surface area contributed by atoms with E-state index >= 15 is 0 Å². The Morgan fingerprint density at radius 2 is 2.14 bits per heavy atom. The van der Waals surface area contributed by atoms with E-state index in [1.807, 2.05) is 26.8 Å². The van der Waals surface area contributed by atoms with Crippen LogP contribution in [0.1, 0.15) is 69.2 Å². The second-order valence-electron chi connectivity index (χ2n) is 7.31. The average Bonchev–Trinajstić information content (AvgIpc) is 2.99. The number of rotatable bonds is 2. The first-order valence-corrected chi connectivity index (χ1v) is 7.81. The molecule has 2 aliphatic rings. The molecule has 2 heterocycles. The van der Waals surface area contributed by atoms with Gasteiger partial charge in [0.1, 0.15) is 0 Å². The van der Waals surface area contributed by atoms with Crippen LogP contribution in [0.4, 0.5) is 4.39 Å². The molecule has 0 fully saturated rings. The molecule has 0 saturated carbocycles. The van der Waals surface area contributed by atoms with E-state index < -0.39 is 11.6 Å². The molecule has 3 atom stereocenters. The molecule has 0 aromatic carbocycles. The van der Waals surface area contributed by atoms with E-state index in [9.17, 15) is 9.18 Å². The summed E-state index contributed by atoms with van der Waals surface area (Å²) >= 11 is 0. The van der Waals surface area contributed by atoms with Gasteiger partial charge in [-0.25, -0.2) is 14.1 Å². The fourth-order valence-corrected chi connectivity index (χ4v) is 2.88. The lowest BCUT2D eigenvalue weighted by molar-refractivity contribution is 0.0846. The van der Waals surface area contributed by atoms with E-state index in [4.69, 9.17) is 0 Å². The van der Waals surface area contributed by atoms with Crippen molar-refractivity contribution < 1.29 is 9.18 Å². The SMILES string of the molecule is CC1C=CC([C@@H]2C[C@H](F)c3nc(C(=O)C(C)(C)C)nn32)=CC1. The number of Topliss-reactive ketones (excluding diaryl/α,β-unsaturated/α-hetero) is 1. The Labute approximate surface area is 130 Å². The topological polar surface area (TPSA) is 47.8 Å². The first kappa shape index (κ1) is 15.1. The summed E-state index contributed by atoms with van der Waals surface area (Å²) in [6.45, 7) is 7.61. The van der Waals surface area contributed by atoms with Crippen LogP contribution in [0.15, 0.2) is 23.8 Å². The second-order valence-corrected chi connectivity index (χ2v) is 7.31. The molecule has 0 saturated heterocycles. The minimum Gasteiger partial charge on any atom is -0.290 e. The zero-order valence-corrected chi connectivity index (χ0v) is 13.5. The third kappa shape index (κ3) is 2.53. The Morgan fingerprint density at radius 3 is 2.73 bits per heavy atom. The normalized spacial score (nSPS) is 27.7. The molecule has 1 aromatic heterocycles. The summed E-state index contributed by atoms with van der Waals surface area (Å²) in [7, 11) is 0. The van der Waals surface area contributed by atoms with Crippen molar-refractivity contribution in [2.24, 2.45) is 11.3 Å². The van der Waals surface area contributed by atoms with E-state index in [0.717, 1.165) is 12.0 Å². The summed E-state index contributed by atoms with van der Waals surface area (Å²) in [5.41, 5.74) is 0.503. The highest BCUT2D eigenvalue weighted by Crippen LogP contribution is 2.41. The minimum absolute atomic E-state index is 0.128. The number of nitrogens with zero attached hydrogens (tertiary/aromatic N) is 3. The molecular weight excluding hydrogens is 281 g/mol. The number of ketones is 1. The lowest BCUT2D eigenvalue weighted by atomic mass is 9.90. The lowest BCUT2D eigenvalue weighted by Gasteiger charge is -2.18. The van der Waals surface area contributed by atoms with Gasteiger partial charge in [-0.15, -0.1) is 5.10 Å². The Bertz CT molecular complexity index is 666. The monoisotopic (exact) mass is 303 g/mol. The van der Waals surface area contributed by atoms with Gasteiger partial charge in [0.15, 0.2) is 12.0 Å². The molecule has 0 N–H and O–H groups in total. The quantitative estimate of drug-likeness (QED) is 0.776. The summed E-state index contributed by atoms with van der Waals surface area (Å²) in [4.78, 5) is 16.5. The number of carbonyl (C=O) groups is 1. The summed E-state index contributed by atoms with van der Waals surface area (Å²) in [5, 5.41) is 4.32. The second kappa shape index (κ2) is 5.14. The molecule has 1 aliphatic carbocycles. The van der Waals surface area contributed by atoms with Gasteiger partial charge in [0.25, 0.3) is 0 Å². The predicted octanol–water partition coefficient (Wildman–Crippen LogP) is 3.98. The van der Waals surface area contributed by atoms with Gasteiger partial charge in [0.05, 0.1) is 6.04 Å². The maximum atomic E-state index is 14.3. The van der Waals surface area contributed by atoms with Crippen molar-refractivity contribution in [2.45, 2.75) is 52.8 Å². The average molecular weight is 303 g/mol. The number of fused-ring (bicyclic) bond motifs is 1. The van der Waals surface area contributed by atoms with E-state index in [0.29, 0.717) is 12.3 Å². The number of halogens is 1. The van der Waals surface area contributed by atoms with Crippen LogP contribution in [0.2, 0.25) is 0 Å². The Kier molecular flexibility index (Phi) is 3.54. The van der Waals surface area contributed by atoms with Crippen molar-refractivity contribution in [1.82, 2.24) is 14.8 Å². The predicted molar refractivity (Wildman–Crippen MR) is 82.3 cm³/mol. The number of alkyl halides is 1. The van der Waals surface area contributed by atoms with Gasteiger partial charge in [-0.1, -0.05) is 45.9 Å². The highest BCUT2D eigenvalue weighted by molar-refractivity contribution is 5.96. The highest BCUT2D eigenvalue weighted by atomic mass is 19.1. The molecule has 118 valence electrons. The minimum atomic E-state index is -1.16. The number of aromatic nitrogens is 3. The molecule has 1 aromatic rings. The van der Waals surface area contributed by atoms with Crippen LogP contribution < -0.4 is 0 Å². The van der Waals surface area contributed by atoms with Crippen molar-refractivity contribution in [1.29, 1.82) is 0 Å². The molecule has 3 rings (SSSR count). The van der Waals surface area contributed by atoms with Gasteiger partial charge in [-0.3, -0.25) is 4.79 Å². The maximum absolute atomic E-state index is 14.3. The van der Waals surface area contributed by atoms with Gasteiger partial charge >= 0.3 is 0 Å². The largest absolute Gasteiger partial charge is 0.290 e. The van der Waals surface area contributed by atoms with Crippen LogP contribution in [0.5, 0.6) is 0 Å². The Hall–Kier alpha value is -1.78. The van der Waals surface area contributed by atoms with E-state index in [1.165, 1.54) is 0 Å². The lowest BCUT2D eigenvalue weighted by Crippen LogP contribution is -2.22. The van der Waals surface area contributed by atoms with Gasteiger partial charge in [-0.2, -0.15) is 0 Å². The fourth-order valence-electron chi connectivity index (χ4n) is 2.88. The van der Waals surface area contributed by atoms with E-state index in [1.54, 1.807) is 4.68 Å². The third-order valence-corrected chi connectivity index (χ3v) is 4.27. The van der Waals surface area contributed by atoms with Crippen LogP contribution in [-0.2, 0) is 0 Å². The first-order chi connectivity index (χ1) is 10.3. The van der Waals surface area contributed by atoms with Gasteiger partial charge in [-0.05, 0) is 17.9 Å². The molecule has 1 unspecified atom stereocenters. The van der Waals surface area contributed by atoms with Crippen LogP contribution in [0, 0.1) is 11.3 Å². The number of allylic oxidation sites excluding steroid dienone is 4. The third-order valence-electron chi connectivity index (χ3n) is 4.27. The van der Waals surface area contributed by atoms with Crippen molar-refractivity contribution in [2.75, 3.05) is 0 Å². The number of carbonyl (C=O) groups excluding carboxylic acids is 1. The van der Waals surface area contributed by atoms with Crippen molar-refractivity contribution in [3.63, 3.8) is 0 Å². The van der Waals surface area contributed by atoms with Gasteiger partial charge in [0, 0.05) is 11.8 Å². The smallest absolute Gasteiger partial charge is 0.218 e. The molecule has 0 radical (unpaired) electrons. The Morgan fingerprint density at radius 1 is 1.41 bits per heavy atom. The zero-order chi connectivity index (χ0) is 16.1. The van der Waals surface area contributed by atoms with Crippen LogP contribution in [0.25, 0.3) is 0 Å². The Balaban J connectivity index is 1.94. The summed E-state index contributed by atoms with van der Waals surface area (Å²) < 4.78 is 15.9. The van der Waals surface area contributed by atoms with E-state index in [-0.39, 0.29) is 23.5 Å². The maximum Gasteiger partial charge on any atom is 0.218 e. The van der Waals surface area contributed by atoms with Crippen molar-refractivity contribution in [3.8, 4) is 0 Å². The van der Waals surface area contributed by atoms with Gasteiger partial charge < -0.3 is 0 Å². The fraction of sp³-hybridized carbons (Fsp3) is 0.588. The van der Waals surface area contributed by atoms with Crippen LogP contribution >= 0.6 is 0 Å². The van der Waals surface area contributed by atoms with Crippen molar-refractivity contribution >= 4 is 5.78 Å². The van der Waals surface area contributed by atoms with Crippen molar-refractivity contribution in [3.05, 3.63) is 35.4 Å². The van der Waals surface area contributed by atoms with Gasteiger partial charge in [0.2, 0.25) is 11.6 Å². The molecule has 0 spiro atoms. The number of hydrogen-bond acceptors (Lipinski definition) is 3. The van der Waals surface area contributed by atoms with Crippen LogP contribution in [0.3, 0.4) is 0 Å². The number of hydrogen-bond donors (Lipinski definition) is 0. The summed E-state index contributed by atoms with van der Waals surface area (Å²) in [6.07, 6.45) is 6.48. The van der Waals surface area contributed by atoms with Crippen LogP contribution in [-0.4, -0.2) is 20.5 Å². The molecule has 5 heteroatoms. The molecule has 1 aliphatic heterocycles. The molecule has 4 nitrogen and oxygen atoms in total. The standard InChI is InChI=1S/C17H22FN3O/c1-10-5-7-11(8-6-10)13-9-12(18)16-19-15(20-21(13)16)14(22)17(2,3)4/h5,7-8,10,12-13H,6,9H2,1-4H3/t10?,12-,13-/m0/s1. The first-order valence-electron chi connectivity index (χ1n) is 7.81.